The third-order valence-corrected chi connectivity index (χ3v) is 5.38. The van der Waals surface area contributed by atoms with Crippen molar-refractivity contribution in [3.8, 4) is 0 Å². The van der Waals surface area contributed by atoms with Gasteiger partial charge >= 0.3 is 0 Å². The lowest BCUT2D eigenvalue weighted by atomic mass is 9.69. The highest BCUT2D eigenvalue weighted by Crippen LogP contribution is 2.41. The molecule has 1 aliphatic carbocycles. The number of rotatable bonds is 1. The minimum Gasteiger partial charge on any atom is -0.314 e. The number of hydrogen-bond acceptors (Lipinski definition) is 1. The highest BCUT2D eigenvalue weighted by molar-refractivity contribution is 9.09. The molecule has 5 atom stereocenters. The first-order valence-corrected chi connectivity index (χ1v) is 7.47. The molecule has 0 radical (unpaired) electrons. The van der Waals surface area contributed by atoms with E-state index in [9.17, 15) is 0 Å². The van der Waals surface area contributed by atoms with Crippen LogP contribution < -0.4 is 5.32 Å². The normalized spacial score (nSPS) is 47.8. The minimum atomic E-state index is 0.748. The van der Waals surface area contributed by atoms with Crippen molar-refractivity contribution in [3.05, 3.63) is 0 Å². The first-order chi connectivity index (χ1) is 7.18. The van der Waals surface area contributed by atoms with Gasteiger partial charge in [-0.25, -0.2) is 0 Å². The molecule has 0 spiro atoms. The van der Waals surface area contributed by atoms with E-state index in [1.165, 1.54) is 38.6 Å². The average Bonchev–Trinajstić information content (AvgIpc) is 2.20. The molecule has 1 N–H and O–H groups in total. The van der Waals surface area contributed by atoms with E-state index in [4.69, 9.17) is 0 Å². The van der Waals surface area contributed by atoms with Gasteiger partial charge in [0.2, 0.25) is 0 Å². The van der Waals surface area contributed by atoms with Crippen LogP contribution in [0.2, 0.25) is 0 Å². The molecular formula is C13H24BrN. The smallest absolute Gasteiger partial charge is 0.0148 e. The van der Waals surface area contributed by atoms with Crippen molar-refractivity contribution >= 4 is 15.9 Å². The lowest BCUT2D eigenvalue weighted by molar-refractivity contribution is 0.122. The molecule has 0 aromatic rings. The zero-order valence-corrected chi connectivity index (χ0v) is 11.6. The van der Waals surface area contributed by atoms with Crippen molar-refractivity contribution in [3.63, 3.8) is 0 Å². The van der Waals surface area contributed by atoms with Crippen LogP contribution in [-0.2, 0) is 0 Å². The van der Waals surface area contributed by atoms with E-state index in [0.717, 1.165) is 28.6 Å². The van der Waals surface area contributed by atoms with Gasteiger partial charge in [0.25, 0.3) is 0 Å². The fraction of sp³-hybridized carbons (Fsp3) is 1.00. The molecule has 1 heterocycles. The van der Waals surface area contributed by atoms with Gasteiger partial charge in [-0.1, -0.05) is 22.9 Å². The third-order valence-electron chi connectivity index (χ3n) is 4.54. The summed E-state index contributed by atoms with van der Waals surface area (Å²) in [5, 5.41) is 3.65. The second kappa shape index (κ2) is 5.18. The molecular weight excluding hydrogens is 250 g/mol. The van der Waals surface area contributed by atoms with E-state index in [1.807, 2.05) is 0 Å². The average molecular weight is 274 g/mol. The van der Waals surface area contributed by atoms with Gasteiger partial charge in [0.05, 0.1) is 0 Å². The Morgan fingerprint density at radius 2 is 1.87 bits per heavy atom. The number of piperidine rings is 1. The molecule has 0 aromatic heterocycles. The molecule has 15 heavy (non-hydrogen) atoms. The van der Waals surface area contributed by atoms with Crippen LogP contribution in [0.25, 0.3) is 0 Å². The molecule has 2 rings (SSSR count). The molecule has 5 unspecified atom stereocenters. The van der Waals surface area contributed by atoms with Crippen molar-refractivity contribution < 1.29 is 0 Å². The second-order valence-electron chi connectivity index (χ2n) is 5.60. The summed E-state index contributed by atoms with van der Waals surface area (Å²) in [6.45, 7) is 6.08. The third kappa shape index (κ3) is 2.76. The van der Waals surface area contributed by atoms with Crippen molar-refractivity contribution in [1.82, 2.24) is 5.32 Å². The minimum absolute atomic E-state index is 0.748. The Hall–Kier alpha value is 0.440. The fourth-order valence-corrected chi connectivity index (χ4v) is 4.50. The maximum atomic E-state index is 3.78. The van der Waals surface area contributed by atoms with E-state index in [1.54, 1.807) is 0 Å². The maximum absolute atomic E-state index is 3.78. The summed E-state index contributed by atoms with van der Waals surface area (Å²) in [6, 6.07) is 0.748. The molecule has 1 aliphatic heterocycles. The van der Waals surface area contributed by atoms with Crippen molar-refractivity contribution in [2.24, 2.45) is 17.8 Å². The Morgan fingerprint density at radius 3 is 2.53 bits per heavy atom. The van der Waals surface area contributed by atoms with Crippen LogP contribution in [0.4, 0.5) is 0 Å². The predicted octanol–water partition coefficient (Wildman–Crippen LogP) is 3.57. The quantitative estimate of drug-likeness (QED) is 0.721. The van der Waals surface area contributed by atoms with Crippen molar-refractivity contribution in [2.45, 2.75) is 56.8 Å². The standard InChI is InChI=1S/C13H24BrN/c1-9-8-11(14)5-6-12(9)13-4-3-7-15-10(13)2/h9-13,15H,3-8H2,1-2H3. The highest BCUT2D eigenvalue weighted by Gasteiger charge is 2.35. The Kier molecular flexibility index (Phi) is 4.11. The van der Waals surface area contributed by atoms with Crippen LogP contribution >= 0.6 is 15.9 Å². The van der Waals surface area contributed by atoms with Crippen LogP contribution in [0.5, 0.6) is 0 Å². The molecule has 0 bridgehead atoms. The molecule has 2 fully saturated rings. The number of halogens is 1. The summed E-state index contributed by atoms with van der Waals surface area (Å²) in [5.74, 6) is 2.82. The van der Waals surface area contributed by atoms with Gasteiger partial charge in [0, 0.05) is 10.9 Å². The highest BCUT2D eigenvalue weighted by atomic mass is 79.9. The summed E-state index contributed by atoms with van der Waals surface area (Å²) < 4.78 is 0. The zero-order valence-electron chi connectivity index (χ0n) is 10.0. The van der Waals surface area contributed by atoms with Gasteiger partial charge in [0.1, 0.15) is 0 Å². The summed E-state index contributed by atoms with van der Waals surface area (Å²) in [4.78, 5) is 0.788. The van der Waals surface area contributed by atoms with Gasteiger partial charge in [-0.3, -0.25) is 0 Å². The summed E-state index contributed by atoms with van der Waals surface area (Å²) >= 11 is 3.78. The Bertz CT molecular complexity index is 207. The van der Waals surface area contributed by atoms with Crippen molar-refractivity contribution in [2.75, 3.05) is 6.54 Å². The molecule has 2 heteroatoms. The molecule has 1 saturated carbocycles. The molecule has 0 amide bonds. The SMILES string of the molecule is CC1CC(Br)CCC1C1CCCNC1C. The lowest BCUT2D eigenvalue weighted by Gasteiger charge is -2.42. The van der Waals surface area contributed by atoms with E-state index >= 15 is 0 Å². The van der Waals surface area contributed by atoms with Gasteiger partial charge in [-0.15, -0.1) is 0 Å². The van der Waals surface area contributed by atoms with Crippen LogP contribution in [0.1, 0.15) is 46.0 Å². The van der Waals surface area contributed by atoms with Gasteiger partial charge in [0.15, 0.2) is 0 Å². The van der Waals surface area contributed by atoms with Gasteiger partial charge in [-0.05, 0) is 63.3 Å². The van der Waals surface area contributed by atoms with E-state index in [-0.39, 0.29) is 0 Å². The number of alkyl halides is 1. The topological polar surface area (TPSA) is 12.0 Å². The fourth-order valence-electron chi connectivity index (χ4n) is 3.64. The molecule has 88 valence electrons. The Morgan fingerprint density at radius 1 is 1.07 bits per heavy atom. The zero-order chi connectivity index (χ0) is 10.8. The van der Waals surface area contributed by atoms with Crippen LogP contribution in [-0.4, -0.2) is 17.4 Å². The van der Waals surface area contributed by atoms with Gasteiger partial charge < -0.3 is 5.32 Å². The Balaban J connectivity index is 1.96. The maximum Gasteiger partial charge on any atom is 0.0148 e. The largest absolute Gasteiger partial charge is 0.314 e. The van der Waals surface area contributed by atoms with Crippen LogP contribution in [0.15, 0.2) is 0 Å². The molecule has 2 aliphatic rings. The van der Waals surface area contributed by atoms with Gasteiger partial charge in [-0.2, -0.15) is 0 Å². The summed E-state index contributed by atoms with van der Waals surface area (Å²) in [5.41, 5.74) is 0. The van der Waals surface area contributed by atoms with E-state index in [0.29, 0.717) is 0 Å². The second-order valence-corrected chi connectivity index (χ2v) is 6.90. The molecule has 1 nitrogen and oxygen atoms in total. The van der Waals surface area contributed by atoms with Crippen molar-refractivity contribution in [1.29, 1.82) is 0 Å². The number of nitrogens with one attached hydrogen (secondary N) is 1. The summed E-state index contributed by atoms with van der Waals surface area (Å²) in [6.07, 6.45) is 7.05. The first kappa shape index (κ1) is 11.9. The molecule has 0 aromatic carbocycles. The Labute approximate surface area is 103 Å². The number of hydrogen-bond donors (Lipinski definition) is 1. The predicted molar refractivity (Wildman–Crippen MR) is 69.4 cm³/mol. The lowest BCUT2D eigenvalue weighted by Crippen LogP contribution is -2.45. The summed E-state index contributed by atoms with van der Waals surface area (Å²) in [7, 11) is 0. The molecule has 1 saturated heterocycles. The van der Waals surface area contributed by atoms with E-state index < -0.39 is 0 Å². The van der Waals surface area contributed by atoms with Crippen LogP contribution in [0.3, 0.4) is 0 Å². The van der Waals surface area contributed by atoms with Crippen LogP contribution in [0, 0.1) is 17.8 Å². The van der Waals surface area contributed by atoms with E-state index in [2.05, 4.69) is 35.1 Å². The monoisotopic (exact) mass is 273 g/mol. The first-order valence-electron chi connectivity index (χ1n) is 6.56.